The fraction of sp³-hybridized carbons (Fsp3) is 0.429. The maximum Gasteiger partial charge on any atom is 0.355 e. The summed E-state index contributed by atoms with van der Waals surface area (Å²) in [6.45, 7) is 8.64. The van der Waals surface area contributed by atoms with Crippen molar-refractivity contribution in [3.8, 4) is 0 Å². The molecular formula is C21H28N2O3. The molecule has 26 heavy (non-hydrogen) atoms. The molecular weight excluding hydrogens is 328 g/mol. The van der Waals surface area contributed by atoms with E-state index >= 15 is 0 Å². The van der Waals surface area contributed by atoms with Crippen LogP contribution in [0.3, 0.4) is 0 Å². The van der Waals surface area contributed by atoms with Crippen LogP contribution in [0.15, 0.2) is 30.3 Å². The summed E-state index contributed by atoms with van der Waals surface area (Å²) in [5, 5.41) is 3.00. The van der Waals surface area contributed by atoms with Crippen molar-refractivity contribution >= 4 is 11.9 Å². The molecule has 0 aliphatic rings. The van der Waals surface area contributed by atoms with Gasteiger partial charge in [0.05, 0.1) is 6.61 Å². The van der Waals surface area contributed by atoms with Crippen molar-refractivity contribution < 1.29 is 14.3 Å². The second-order valence-electron chi connectivity index (χ2n) is 6.56. The van der Waals surface area contributed by atoms with Gasteiger partial charge in [0.15, 0.2) is 0 Å². The number of aromatic nitrogens is 1. The molecule has 2 aromatic rings. The van der Waals surface area contributed by atoms with Gasteiger partial charge in [-0.15, -0.1) is 0 Å². The van der Waals surface area contributed by atoms with Crippen LogP contribution in [-0.2, 0) is 16.0 Å². The number of aryl methyl sites for hydroxylation is 1. The summed E-state index contributed by atoms with van der Waals surface area (Å²) in [7, 11) is 0. The van der Waals surface area contributed by atoms with Crippen molar-refractivity contribution in [2.75, 3.05) is 13.2 Å². The molecule has 1 heterocycles. The molecule has 0 aliphatic carbocycles. The monoisotopic (exact) mass is 356 g/mol. The topological polar surface area (TPSA) is 71.2 Å². The SMILES string of the molecule is CCOC(=O)c1[nH]c(C)c(CCC(=O)NC[C@@H](C)c2ccccc2)c1C. The van der Waals surface area contributed by atoms with Crippen LogP contribution in [0.4, 0.5) is 0 Å². The van der Waals surface area contributed by atoms with Crippen molar-refractivity contribution in [2.24, 2.45) is 0 Å². The normalized spacial score (nSPS) is 11.8. The molecule has 0 unspecified atom stereocenters. The summed E-state index contributed by atoms with van der Waals surface area (Å²) in [6, 6.07) is 10.1. The number of aromatic amines is 1. The number of ether oxygens (including phenoxy) is 1. The Balaban J connectivity index is 1.88. The van der Waals surface area contributed by atoms with Gasteiger partial charge in [0.2, 0.25) is 5.91 Å². The van der Waals surface area contributed by atoms with Gasteiger partial charge >= 0.3 is 5.97 Å². The Kier molecular flexibility index (Phi) is 7.01. The number of amides is 1. The van der Waals surface area contributed by atoms with E-state index in [0.29, 0.717) is 31.7 Å². The molecule has 5 nitrogen and oxygen atoms in total. The van der Waals surface area contributed by atoms with Gasteiger partial charge in [0.25, 0.3) is 0 Å². The molecule has 1 atom stereocenters. The van der Waals surface area contributed by atoms with E-state index in [1.807, 2.05) is 32.0 Å². The highest BCUT2D eigenvalue weighted by molar-refractivity contribution is 5.90. The van der Waals surface area contributed by atoms with Crippen LogP contribution < -0.4 is 5.32 Å². The first kappa shape index (κ1) is 19.8. The minimum atomic E-state index is -0.347. The van der Waals surface area contributed by atoms with Gasteiger partial charge in [-0.2, -0.15) is 0 Å². The van der Waals surface area contributed by atoms with Gasteiger partial charge in [0, 0.05) is 18.7 Å². The molecule has 0 bridgehead atoms. The predicted octanol–water partition coefficient (Wildman–Crippen LogP) is 3.66. The Labute approximate surface area is 155 Å². The molecule has 0 saturated heterocycles. The van der Waals surface area contributed by atoms with Crippen LogP contribution in [0, 0.1) is 13.8 Å². The molecule has 140 valence electrons. The van der Waals surface area contributed by atoms with E-state index in [9.17, 15) is 9.59 Å². The number of hydrogen-bond acceptors (Lipinski definition) is 3. The minimum absolute atomic E-state index is 0.0189. The fourth-order valence-corrected chi connectivity index (χ4v) is 3.06. The molecule has 0 radical (unpaired) electrons. The van der Waals surface area contributed by atoms with Crippen LogP contribution in [0.25, 0.3) is 0 Å². The van der Waals surface area contributed by atoms with Gasteiger partial charge < -0.3 is 15.0 Å². The van der Waals surface area contributed by atoms with Crippen molar-refractivity contribution in [1.82, 2.24) is 10.3 Å². The fourth-order valence-electron chi connectivity index (χ4n) is 3.06. The van der Waals surface area contributed by atoms with Gasteiger partial charge in [-0.05, 0) is 49.8 Å². The summed E-state index contributed by atoms with van der Waals surface area (Å²) in [6.07, 6.45) is 0.989. The first-order valence-corrected chi connectivity index (χ1v) is 9.10. The zero-order valence-corrected chi connectivity index (χ0v) is 16.0. The summed E-state index contributed by atoms with van der Waals surface area (Å²) >= 11 is 0. The molecule has 5 heteroatoms. The molecule has 1 amide bonds. The van der Waals surface area contributed by atoms with E-state index < -0.39 is 0 Å². The van der Waals surface area contributed by atoms with Crippen LogP contribution in [0.5, 0.6) is 0 Å². The first-order chi connectivity index (χ1) is 12.4. The molecule has 1 aromatic carbocycles. The maximum absolute atomic E-state index is 12.2. The number of carbonyl (C=O) groups is 2. The number of rotatable bonds is 8. The maximum atomic E-state index is 12.2. The van der Waals surface area contributed by atoms with Gasteiger partial charge in [-0.1, -0.05) is 37.3 Å². The zero-order valence-electron chi connectivity index (χ0n) is 16.0. The molecule has 2 N–H and O–H groups in total. The van der Waals surface area contributed by atoms with Gasteiger partial charge in [0.1, 0.15) is 5.69 Å². The second-order valence-corrected chi connectivity index (χ2v) is 6.56. The Morgan fingerprint density at radius 2 is 1.88 bits per heavy atom. The van der Waals surface area contributed by atoms with Crippen LogP contribution in [0.2, 0.25) is 0 Å². The van der Waals surface area contributed by atoms with Crippen LogP contribution >= 0.6 is 0 Å². The summed E-state index contributed by atoms with van der Waals surface area (Å²) in [5.74, 6) is -0.0581. The highest BCUT2D eigenvalue weighted by Crippen LogP contribution is 2.20. The third kappa shape index (κ3) is 4.97. The standard InChI is InChI=1S/C21H28N2O3/c1-5-26-21(25)20-15(3)18(16(4)23-20)11-12-19(24)22-13-14(2)17-9-7-6-8-10-17/h6-10,14,23H,5,11-13H2,1-4H3,(H,22,24)/t14-/m1/s1. The Morgan fingerprint density at radius 1 is 1.19 bits per heavy atom. The molecule has 0 spiro atoms. The number of nitrogens with one attached hydrogen (secondary N) is 2. The molecule has 0 saturated carbocycles. The molecule has 0 aliphatic heterocycles. The number of carbonyl (C=O) groups excluding carboxylic acids is 2. The lowest BCUT2D eigenvalue weighted by atomic mass is 10.0. The molecule has 2 rings (SSSR count). The van der Waals surface area contributed by atoms with E-state index in [4.69, 9.17) is 4.74 Å². The van der Waals surface area contributed by atoms with E-state index in [1.54, 1.807) is 6.92 Å². The highest BCUT2D eigenvalue weighted by atomic mass is 16.5. The molecule has 1 aromatic heterocycles. The largest absolute Gasteiger partial charge is 0.461 e. The quantitative estimate of drug-likeness (QED) is 0.709. The van der Waals surface area contributed by atoms with E-state index in [-0.39, 0.29) is 17.8 Å². The Hall–Kier alpha value is -2.56. The predicted molar refractivity (Wildman–Crippen MR) is 102 cm³/mol. The lowest BCUT2D eigenvalue weighted by Gasteiger charge is -2.13. The number of H-pyrrole nitrogens is 1. The molecule has 0 fully saturated rings. The van der Waals surface area contributed by atoms with Crippen molar-refractivity contribution in [3.05, 3.63) is 58.4 Å². The first-order valence-electron chi connectivity index (χ1n) is 9.10. The van der Waals surface area contributed by atoms with Crippen LogP contribution in [-0.4, -0.2) is 30.0 Å². The summed E-state index contributed by atoms with van der Waals surface area (Å²) in [5.41, 5.74) is 4.49. The van der Waals surface area contributed by atoms with E-state index in [1.165, 1.54) is 5.56 Å². The lowest BCUT2D eigenvalue weighted by molar-refractivity contribution is -0.121. The average Bonchev–Trinajstić information content (AvgIpc) is 2.93. The number of esters is 1. The third-order valence-corrected chi connectivity index (χ3v) is 4.65. The van der Waals surface area contributed by atoms with Gasteiger partial charge in [-0.3, -0.25) is 4.79 Å². The third-order valence-electron chi connectivity index (χ3n) is 4.65. The van der Waals surface area contributed by atoms with E-state index in [0.717, 1.165) is 16.8 Å². The van der Waals surface area contributed by atoms with E-state index in [2.05, 4.69) is 29.4 Å². The minimum Gasteiger partial charge on any atom is -0.461 e. The summed E-state index contributed by atoms with van der Waals surface area (Å²) < 4.78 is 5.06. The highest BCUT2D eigenvalue weighted by Gasteiger charge is 2.18. The smallest absolute Gasteiger partial charge is 0.355 e. The van der Waals surface area contributed by atoms with Crippen molar-refractivity contribution in [2.45, 2.75) is 46.5 Å². The zero-order chi connectivity index (χ0) is 19.1. The number of hydrogen-bond donors (Lipinski definition) is 2. The summed E-state index contributed by atoms with van der Waals surface area (Å²) in [4.78, 5) is 27.2. The van der Waals surface area contributed by atoms with Crippen molar-refractivity contribution in [3.63, 3.8) is 0 Å². The Morgan fingerprint density at radius 3 is 2.54 bits per heavy atom. The average molecular weight is 356 g/mol. The van der Waals surface area contributed by atoms with Gasteiger partial charge in [-0.25, -0.2) is 4.79 Å². The number of benzene rings is 1. The van der Waals surface area contributed by atoms with Crippen molar-refractivity contribution in [1.29, 1.82) is 0 Å². The van der Waals surface area contributed by atoms with Crippen LogP contribution in [0.1, 0.15) is 59.1 Å². The second kappa shape index (κ2) is 9.22. The Bertz CT molecular complexity index is 750. The lowest BCUT2D eigenvalue weighted by Crippen LogP contribution is -2.27.